The van der Waals surface area contributed by atoms with Crippen LogP contribution in [0.15, 0.2) is 17.1 Å². The number of halogens is 2. The van der Waals surface area contributed by atoms with Crippen molar-refractivity contribution in [1.29, 1.82) is 0 Å². The number of aromatic nitrogens is 2. The van der Waals surface area contributed by atoms with Crippen LogP contribution in [-0.4, -0.2) is 55.1 Å². The summed E-state index contributed by atoms with van der Waals surface area (Å²) in [6.07, 6.45) is 12.8. The molecule has 41 heavy (non-hydrogen) atoms. The van der Waals surface area contributed by atoms with E-state index in [0.29, 0.717) is 11.0 Å². The standard InChI is InChI=1S/C27H46F2N3O8P/c1-2-3-4-5-6-7-8-9-10-11-12-13-14-15-16-17-23(33)30-22-18-19-32(26(35)31-22)25-27(28,29)24(34)21(40-25)20-39-41(36,37)38/h18-19,21,24-25,34H,2-17,20H2,1H3,(H2,36,37,38)(H,30,31,33,35)/t21-,24-,25-/m1/s1. The highest BCUT2D eigenvalue weighted by molar-refractivity contribution is 7.46. The molecule has 3 atom stereocenters. The Morgan fingerprint density at radius 1 is 1.02 bits per heavy atom. The lowest BCUT2D eigenvalue weighted by molar-refractivity contribution is -0.140. The number of alkyl halides is 2. The van der Waals surface area contributed by atoms with E-state index in [4.69, 9.17) is 14.5 Å². The highest BCUT2D eigenvalue weighted by Crippen LogP contribution is 2.44. The Bertz CT molecular complexity index is 1020. The number of aliphatic hydroxyl groups is 1. The molecule has 0 radical (unpaired) electrons. The van der Waals surface area contributed by atoms with Crippen LogP contribution < -0.4 is 11.0 Å². The van der Waals surface area contributed by atoms with Crippen molar-refractivity contribution in [3.63, 3.8) is 0 Å². The Morgan fingerprint density at radius 3 is 2.02 bits per heavy atom. The molecule has 0 aromatic carbocycles. The van der Waals surface area contributed by atoms with Gasteiger partial charge in [0, 0.05) is 12.6 Å². The fraction of sp³-hybridized carbons (Fsp3) is 0.815. The molecule has 4 N–H and O–H groups in total. The van der Waals surface area contributed by atoms with Gasteiger partial charge in [-0.05, 0) is 12.5 Å². The van der Waals surface area contributed by atoms with Gasteiger partial charge in [-0.3, -0.25) is 13.9 Å². The van der Waals surface area contributed by atoms with Crippen molar-refractivity contribution in [3.8, 4) is 0 Å². The summed E-state index contributed by atoms with van der Waals surface area (Å²) in [7, 11) is -4.99. The van der Waals surface area contributed by atoms with Gasteiger partial charge < -0.3 is 24.9 Å². The molecule has 1 aromatic rings. The van der Waals surface area contributed by atoms with E-state index >= 15 is 0 Å². The summed E-state index contributed by atoms with van der Waals surface area (Å²) < 4.78 is 49.5. The van der Waals surface area contributed by atoms with Gasteiger partial charge in [-0.2, -0.15) is 13.8 Å². The van der Waals surface area contributed by atoms with Gasteiger partial charge in [0.05, 0.1) is 6.61 Å². The van der Waals surface area contributed by atoms with E-state index in [-0.39, 0.29) is 18.1 Å². The van der Waals surface area contributed by atoms with Gasteiger partial charge in [0.1, 0.15) is 11.9 Å². The molecule has 1 aromatic heterocycles. The smallest absolute Gasteiger partial charge is 0.384 e. The zero-order valence-electron chi connectivity index (χ0n) is 23.9. The number of nitrogens with zero attached hydrogens (tertiary/aromatic N) is 2. The molecule has 0 saturated carbocycles. The van der Waals surface area contributed by atoms with Crippen molar-refractivity contribution in [3.05, 3.63) is 22.7 Å². The molecular formula is C27H46F2N3O8P. The lowest BCUT2D eigenvalue weighted by Gasteiger charge is -2.21. The summed E-state index contributed by atoms with van der Waals surface area (Å²) >= 11 is 0. The Morgan fingerprint density at radius 2 is 1.54 bits per heavy atom. The van der Waals surface area contributed by atoms with E-state index in [9.17, 15) is 28.0 Å². The van der Waals surface area contributed by atoms with Gasteiger partial charge in [0.25, 0.3) is 0 Å². The molecule has 1 aliphatic heterocycles. The minimum Gasteiger partial charge on any atom is -0.384 e. The number of unbranched alkanes of at least 4 members (excludes halogenated alkanes) is 14. The summed E-state index contributed by atoms with van der Waals surface area (Å²) in [5.41, 5.74) is -1.16. The molecule has 0 bridgehead atoms. The predicted molar refractivity (Wildman–Crippen MR) is 150 cm³/mol. The maximum atomic E-state index is 14.5. The monoisotopic (exact) mass is 609 g/mol. The maximum absolute atomic E-state index is 14.5. The lowest BCUT2D eigenvalue weighted by Crippen LogP contribution is -2.42. The fourth-order valence-corrected chi connectivity index (χ4v) is 5.14. The Kier molecular flexibility index (Phi) is 15.6. The van der Waals surface area contributed by atoms with Crippen molar-refractivity contribution in [2.24, 2.45) is 0 Å². The van der Waals surface area contributed by atoms with Crippen molar-refractivity contribution in [1.82, 2.24) is 9.55 Å². The molecule has 14 heteroatoms. The first-order chi connectivity index (χ1) is 19.5. The molecule has 1 aliphatic rings. The van der Waals surface area contributed by atoms with Crippen LogP contribution in [0.25, 0.3) is 0 Å². The van der Waals surface area contributed by atoms with E-state index in [0.717, 1.165) is 31.5 Å². The lowest BCUT2D eigenvalue weighted by atomic mass is 10.0. The van der Waals surface area contributed by atoms with E-state index in [1.54, 1.807) is 0 Å². The molecule has 2 heterocycles. The largest absolute Gasteiger partial charge is 0.469 e. The zero-order chi connectivity index (χ0) is 30.3. The number of carbonyl (C=O) groups is 1. The first kappa shape index (κ1) is 35.4. The van der Waals surface area contributed by atoms with Crippen LogP contribution in [0.3, 0.4) is 0 Å². The van der Waals surface area contributed by atoms with E-state index < -0.39 is 44.5 Å². The van der Waals surface area contributed by atoms with E-state index in [1.165, 1.54) is 70.6 Å². The van der Waals surface area contributed by atoms with Gasteiger partial charge in [-0.1, -0.05) is 96.8 Å². The summed E-state index contributed by atoms with van der Waals surface area (Å²) in [5, 5.41) is 12.3. The number of amides is 1. The maximum Gasteiger partial charge on any atom is 0.469 e. The molecule has 1 fully saturated rings. The molecule has 0 unspecified atom stereocenters. The highest BCUT2D eigenvalue weighted by atomic mass is 31.2. The van der Waals surface area contributed by atoms with Crippen molar-refractivity contribution in [2.75, 3.05) is 11.9 Å². The fourth-order valence-electron chi connectivity index (χ4n) is 4.80. The van der Waals surface area contributed by atoms with Gasteiger partial charge >= 0.3 is 19.4 Å². The molecule has 236 valence electrons. The topological polar surface area (TPSA) is 160 Å². The van der Waals surface area contributed by atoms with Crippen LogP contribution >= 0.6 is 7.82 Å². The second-order valence-electron chi connectivity index (χ2n) is 10.7. The second-order valence-corrected chi connectivity index (χ2v) is 11.9. The number of phosphoric acid groups is 1. The number of phosphoric ester groups is 1. The molecule has 2 rings (SSSR count). The molecule has 0 aliphatic carbocycles. The number of ether oxygens (including phenoxy) is 1. The van der Waals surface area contributed by atoms with Crippen LogP contribution in [0.5, 0.6) is 0 Å². The third kappa shape index (κ3) is 13.0. The van der Waals surface area contributed by atoms with Gasteiger partial charge in [-0.25, -0.2) is 9.36 Å². The number of carbonyl (C=O) groups excluding carboxylic acids is 1. The highest BCUT2D eigenvalue weighted by Gasteiger charge is 2.60. The third-order valence-electron chi connectivity index (χ3n) is 7.14. The van der Waals surface area contributed by atoms with Crippen molar-refractivity contribution >= 4 is 19.5 Å². The predicted octanol–water partition coefficient (Wildman–Crippen LogP) is 5.45. The van der Waals surface area contributed by atoms with Crippen LogP contribution in [0.1, 0.15) is 116 Å². The quantitative estimate of drug-likeness (QED) is 0.105. The van der Waals surface area contributed by atoms with Crippen molar-refractivity contribution < 1.29 is 42.3 Å². The Balaban J connectivity index is 1.63. The van der Waals surface area contributed by atoms with E-state index in [2.05, 4.69) is 21.7 Å². The summed E-state index contributed by atoms with van der Waals surface area (Å²) in [6, 6.07) is 1.15. The first-order valence-electron chi connectivity index (χ1n) is 14.8. The van der Waals surface area contributed by atoms with Crippen LogP contribution in [0.4, 0.5) is 14.6 Å². The van der Waals surface area contributed by atoms with Crippen LogP contribution in [0.2, 0.25) is 0 Å². The normalized spacial score (nSPS) is 20.4. The number of rotatable bonds is 21. The SMILES string of the molecule is CCCCCCCCCCCCCCCCCC(=O)Nc1ccn([C@@H]2O[C@H](COP(=O)(O)O)[C@@H](O)C2(F)F)c(=O)n1. The number of hydrogen-bond donors (Lipinski definition) is 4. The molecule has 1 amide bonds. The molecule has 11 nitrogen and oxygen atoms in total. The minimum atomic E-state index is -4.99. The zero-order valence-corrected chi connectivity index (χ0v) is 24.8. The number of hydrogen-bond acceptors (Lipinski definition) is 7. The summed E-state index contributed by atoms with van der Waals surface area (Å²) in [6.45, 7) is 1.21. The summed E-state index contributed by atoms with van der Waals surface area (Å²) in [5.74, 6) is -4.44. The van der Waals surface area contributed by atoms with E-state index in [1.807, 2.05) is 0 Å². The Labute approximate surface area is 240 Å². The van der Waals surface area contributed by atoms with Crippen LogP contribution in [-0.2, 0) is 18.6 Å². The van der Waals surface area contributed by atoms with Crippen LogP contribution in [0, 0.1) is 0 Å². The summed E-state index contributed by atoms with van der Waals surface area (Å²) in [4.78, 5) is 45.7. The number of anilines is 1. The average molecular weight is 610 g/mol. The van der Waals surface area contributed by atoms with Gasteiger partial charge in [0.15, 0.2) is 6.10 Å². The Hall–Kier alpha value is -1.76. The molecule has 0 spiro atoms. The number of nitrogens with one attached hydrogen (secondary N) is 1. The molecule has 1 saturated heterocycles. The first-order valence-corrected chi connectivity index (χ1v) is 16.3. The minimum absolute atomic E-state index is 0.111. The van der Waals surface area contributed by atoms with Crippen molar-refractivity contribution in [2.45, 2.75) is 134 Å². The van der Waals surface area contributed by atoms with Gasteiger partial charge in [0.2, 0.25) is 12.1 Å². The third-order valence-corrected chi connectivity index (χ3v) is 7.63. The molecular weight excluding hydrogens is 563 g/mol. The number of aliphatic hydroxyl groups excluding tert-OH is 1. The second kappa shape index (κ2) is 18.0. The average Bonchev–Trinajstić information content (AvgIpc) is 3.12. The van der Waals surface area contributed by atoms with Gasteiger partial charge in [-0.15, -0.1) is 0 Å².